The van der Waals surface area contributed by atoms with Crippen LogP contribution in [0.25, 0.3) is 11.0 Å². The first kappa shape index (κ1) is 14.0. The lowest BCUT2D eigenvalue weighted by Gasteiger charge is -2.20. The Bertz CT molecular complexity index is 623. The topological polar surface area (TPSA) is 88.2 Å². The third-order valence-corrected chi connectivity index (χ3v) is 3.05. The Morgan fingerprint density at radius 1 is 1.30 bits per heavy atom. The highest BCUT2D eigenvalue weighted by atomic mass is 16.5. The molecule has 7 heteroatoms. The largest absolute Gasteiger partial charge is 0.469 e. The lowest BCUT2D eigenvalue weighted by Crippen LogP contribution is -2.33. The van der Waals surface area contributed by atoms with Crippen LogP contribution in [0.1, 0.15) is 23.7 Å². The first-order chi connectivity index (χ1) is 9.65. The van der Waals surface area contributed by atoms with Crippen molar-refractivity contribution in [1.82, 2.24) is 20.3 Å². The Balaban J connectivity index is 2.12. The highest BCUT2D eigenvalue weighted by Gasteiger charge is 2.16. The summed E-state index contributed by atoms with van der Waals surface area (Å²) in [5.41, 5.74) is 1.87. The van der Waals surface area contributed by atoms with Crippen LogP contribution < -0.4 is 0 Å². The van der Waals surface area contributed by atoms with E-state index in [0.717, 1.165) is 0 Å². The van der Waals surface area contributed by atoms with E-state index in [2.05, 4.69) is 20.1 Å². The van der Waals surface area contributed by atoms with Crippen LogP contribution in [0.3, 0.4) is 0 Å². The van der Waals surface area contributed by atoms with E-state index >= 15 is 0 Å². The van der Waals surface area contributed by atoms with Gasteiger partial charge in [-0.25, -0.2) is 0 Å². The number of methoxy groups -OCH3 is 1. The van der Waals surface area contributed by atoms with Gasteiger partial charge in [-0.2, -0.15) is 15.4 Å². The highest BCUT2D eigenvalue weighted by molar-refractivity contribution is 5.97. The van der Waals surface area contributed by atoms with Gasteiger partial charge in [0.05, 0.1) is 13.5 Å². The second-order valence-corrected chi connectivity index (χ2v) is 4.24. The molecule has 1 amide bonds. The molecule has 0 radical (unpaired) electrons. The van der Waals surface area contributed by atoms with Crippen molar-refractivity contribution in [3.8, 4) is 0 Å². The molecule has 2 aromatic rings. The molecule has 0 saturated carbocycles. The summed E-state index contributed by atoms with van der Waals surface area (Å²) in [5.74, 6) is -0.468. The molecule has 0 atom stereocenters. The predicted octanol–water partition coefficient (Wildman–Crippen LogP) is 0.983. The lowest BCUT2D eigenvalue weighted by atomic mass is 10.1. The molecule has 2 rings (SSSR count). The number of H-pyrrole nitrogens is 1. The molecule has 0 bridgehead atoms. The lowest BCUT2D eigenvalue weighted by molar-refractivity contribution is -0.140. The fraction of sp³-hybridized carbons (Fsp3) is 0.385. The number of aromatic nitrogens is 3. The maximum atomic E-state index is 12.4. The third kappa shape index (κ3) is 2.93. The average molecular weight is 276 g/mol. The minimum atomic E-state index is -0.330. The van der Waals surface area contributed by atoms with Gasteiger partial charge in [0.1, 0.15) is 11.0 Å². The molecular formula is C13H16N4O3. The smallest absolute Gasteiger partial charge is 0.307 e. The molecule has 0 spiro atoms. The molecule has 0 saturated heterocycles. The van der Waals surface area contributed by atoms with Crippen LogP contribution >= 0.6 is 0 Å². The van der Waals surface area contributed by atoms with Crippen LogP contribution in [0.2, 0.25) is 0 Å². The van der Waals surface area contributed by atoms with Crippen molar-refractivity contribution in [2.24, 2.45) is 0 Å². The van der Waals surface area contributed by atoms with Gasteiger partial charge in [0.25, 0.3) is 5.91 Å². The van der Waals surface area contributed by atoms with Crippen molar-refractivity contribution in [2.75, 3.05) is 20.2 Å². The van der Waals surface area contributed by atoms with E-state index in [4.69, 9.17) is 0 Å². The monoisotopic (exact) mass is 276 g/mol. The van der Waals surface area contributed by atoms with Gasteiger partial charge in [0.15, 0.2) is 0 Å². The zero-order valence-electron chi connectivity index (χ0n) is 11.4. The molecule has 1 N–H and O–H groups in total. The Morgan fingerprint density at radius 2 is 2.05 bits per heavy atom. The van der Waals surface area contributed by atoms with E-state index in [1.807, 2.05) is 6.92 Å². The number of benzene rings is 1. The van der Waals surface area contributed by atoms with Crippen LogP contribution in [0, 0.1) is 0 Å². The highest BCUT2D eigenvalue weighted by Crippen LogP contribution is 2.13. The summed E-state index contributed by atoms with van der Waals surface area (Å²) in [6, 6.07) is 5.12. The van der Waals surface area contributed by atoms with E-state index in [0.29, 0.717) is 29.7 Å². The molecule has 20 heavy (non-hydrogen) atoms. The zero-order chi connectivity index (χ0) is 14.5. The Morgan fingerprint density at radius 3 is 2.75 bits per heavy atom. The minimum absolute atomic E-state index is 0.138. The number of carbonyl (C=O) groups excluding carboxylic acids is 2. The number of aromatic amines is 1. The summed E-state index contributed by atoms with van der Waals surface area (Å²) in [6.07, 6.45) is 0.183. The molecule has 0 aliphatic carbocycles. The summed E-state index contributed by atoms with van der Waals surface area (Å²) in [5, 5.41) is 10.4. The molecule has 7 nitrogen and oxygen atoms in total. The van der Waals surface area contributed by atoms with E-state index < -0.39 is 0 Å². The second kappa shape index (κ2) is 6.14. The number of fused-ring (bicyclic) bond motifs is 1. The van der Waals surface area contributed by atoms with Crippen LogP contribution in [0.5, 0.6) is 0 Å². The summed E-state index contributed by atoms with van der Waals surface area (Å²) < 4.78 is 4.58. The number of hydrogen-bond donors (Lipinski definition) is 1. The molecule has 0 unspecified atom stereocenters. The van der Waals surface area contributed by atoms with Crippen molar-refractivity contribution in [3.05, 3.63) is 23.8 Å². The van der Waals surface area contributed by atoms with Gasteiger partial charge < -0.3 is 9.64 Å². The quantitative estimate of drug-likeness (QED) is 0.822. The number of ether oxygens (including phenoxy) is 1. The van der Waals surface area contributed by atoms with Crippen molar-refractivity contribution in [3.63, 3.8) is 0 Å². The minimum Gasteiger partial charge on any atom is -0.469 e. The standard InChI is InChI=1S/C13H16N4O3/c1-3-17(7-6-12(18)20-2)13(19)9-4-5-10-11(8-9)15-16-14-10/h4-5,8H,3,6-7H2,1-2H3,(H,14,15,16). The van der Waals surface area contributed by atoms with Crippen LogP contribution in [0.4, 0.5) is 0 Å². The van der Waals surface area contributed by atoms with E-state index in [1.54, 1.807) is 23.1 Å². The predicted molar refractivity (Wildman–Crippen MR) is 72.1 cm³/mol. The molecule has 1 aromatic carbocycles. The van der Waals surface area contributed by atoms with Gasteiger partial charge in [0.2, 0.25) is 0 Å². The van der Waals surface area contributed by atoms with Crippen LogP contribution in [0.15, 0.2) is 18.2 Å². The normalized spacial score (nSPS) is 10.5. The Labute approximate surface area is 115 Å². The van der Waals surface area contributed by atoms with Gasteiger partial charge in [-0.05, 0) is 25.1 Å². The summed E-state index contributed by atoms with van der Waals surface area (Å²) in [7, 11) is 1.33. The van der Waals surface area contributed by atoms with Crippen molar-refractivity contribution in [1.29, 1.82) is 0 Å². The van der Waals surface area contributed by atoms with E-state index in [9.17, 15) is 9.59 Å². The van der Waals surface area contributed by atoms with Gasteiger partial charge in [0, 0.05) is 18.7 Å². The summed E-state index contributed by atoms with van der Waals surface area (Å²) in [4.78, 5) is 25.1. The van der Waals surface area contributed by atoms with Gasteiger partial charge in [-0.3, -0.25) is 9.59 Å². The molecular weight excluding hydrogens is 260 g/mol. The zero-order valence-corrected chi connectivity index (χ0v) is 11.4. The maximum Gasteiger partial charge on any atom is 0.307 e. The molecule has 1 aromatic heterocycles. The summed E-state index contributed by atoms with van der Waals surface area (Å²) in [6.45, 7) is 2.72. The maximum absolute atomic E-state index is 12.4. The molecule has 106 valence electrons. The molecule has 0 aliphatic rings. The SMILES string of the molecule is CCN(CCC(=O)OC)C(=O)c1ccc2n[nH]nc2c1. The van der Waals surface area contributed by atoms with Gasteiger partial charge >= 0.3 is 5.97 Å². The molecule has 0 fully saturated rings. The number of esters is 1. The Kier molecular flexibility index (Phi) is 4.29. The van der Waals surface area contributed by atoms with Crippen molar-refractivity contribution >= 4 is 22.9 Å². The molecule has 1 heterocycles. The van der Waals surface area contributed by atoms with E-state index in [-0.39, 0.29) is 18.3 Å². The number of amides is 1. The number of nitrogens with zero attached hydrogens (tertiary/aromatic N) is 3. The number of rotatable bonds is 5. The molecule has 0 aliphatic heterocycles. The number of carbonyl (C=O) groups is 2. The van der Waals surface area contributed by atoms with Crippen LogP contribution in [-0.4, -0.2) is 52.4 Å². The van der Waals surface area contributed by atoms with Crippen molar-refractivity contribution in [2.45, 2.75) is 13.3 Å². The fourth-order valence-corrected chi connectivity index (χ4v) is 1.89. The van der Waals surface area contributed by atoms with Crippen molar-refractivity contribution < 1.29 is 14.3 Å². The first-order valence-corrected chi connectivity index (χ1v) is 6.32. The van der Waals surface area contributed by atoms with E-state index in [1.165, 1.54) is 7.11 Å². The van der Waals surface area contributed by atoms with Crippen LogP contribution in [-0.2, 0) is 9.53 Å². The number of hydrogen-bond acceptors (Lipinski definition) is 5. The Hall–Kier alpha value is -2.44. The average Bonchev–Trinajstić information content (AvgIpc) is 2.94. The first-order valence-electron chi connectivity index (χ1n) is 6.32. The summed E-state index contributed by atoms with van der Waals surface area (Å²) >= 11 is 0. The number of nitrogens with one attached hydrogen (secondary N) is 1. The third-order valence-electron chi connectivity index (χ3n) is 3.05. The second-order valence-electron chi connectivity index (χ2n) is 4.24. The fourth-order valence-electron chi connectivity index (χ4n) is 1.89. The van der Waals surface area contributed by atoms with Gasteiger partial charge in [-0.1, -0.05) is 0 Å². The van der Waals surface area contributed by atoms with Gasteiger partial charge in [-0.15, -0.1) is 0 Å².